The molecule has 2 N–H and O–H groups in total. The fourth-order valence-corrected chi connectivity index (χ4v) is 1.96. The van der Waals surface area contributed by atoms with Crippen molar-refractivity contribution in [2.75, 3.05) is 33.0 Å². The number of hydrogen-bond acceptors (Lipinski definition) is 5. The summed E-state index contributed by atoms with van der Waals surface area (Å²) in [7, 11) is 3.26. The first-order chi connectivity index (χ1) is 9.52. The molecule has 0 heterocycles. The van der Waals surface area contributed by atoms with Crippen molar-refractivity contribution in [1.82, 2.24) is 4.90 Å². The number of nitrogen functional groups attached to an aromatic ring is 1. The Morgan fingerprint density at radius 1 is 1.50 bits per heavy atom. The summed E-state index contributed by atoms with van der Waals surface area (Å²) >= 11 is 0. The van der Waals surface area contributed by atoms with E-state index in [1.807, 2.05) is 7.05 Å². The Kier molecular flexibility index (Phi) is 4.44. The molecule has 0 saturated heterocycles. The van der Waals surface area contributed by atoms with Crippen LogP contribution in [0.25, 0.3) is 0 Å². The van der Waals surface area contributed by atoms with Crippen LogP contribution in [0, 0.1) is 5.82 Å². The number of hydrogen-bond donors (Lipinski definition) is 1. The lowest BCUT2D eigenvalue weighted by molar-refractivity contribution is 0.0601. The van der Waals surface area contributed by atoms with E-state index in [4.69, 9.17) is 10.5 Å². The van der Waals surface area contributed by atoms with Gasteiger partial charge in [-0.1, -0.05) is 0 Å². The third-order valence-electron chi connectivity index (χ3n) is 3.38. The van der Waals surface area contributed by atoms with Crippen molar-refractivity contribution >= 4 is 11.7 Å². The number of anilines is 1. The third-order valence-corrected chi connectivity index (χ3v) is 3.38. The average Bonchev–Trinajstić information content (AvgIpc) is 3.24. The number of benzene rings is 1. The van der Waals surface area contributed by atoms with Gasteiger partial charge in [0, 0.05) is 24.3 Å². The van der Waals surface area contributed by atoms with Gasteiger partial charge in [0.2, 0.25) is 0 Å². The summed E-state index contributed by atoms with van der Waals surface area (Å²) in [5, 5.41) is 0. The molecule has 1 saturated carbocycles. The number of likely N-dealkylation sites (N-methyl/N-ethyl adjacent to an activating group) is 1. The fraction of sp³-hybridized carbons (Fsp3) is 0.500. The van der Waals surface area contributed by atoms with Crippen LogP contribution in [0.5, 0.6) is 5.75 Å². The first-order valence-electron chi connectivity index (χ1n) is 6.53. The zero-order valence-corrected chi connectivity index (χ0v) is 11.7. The molecule has 110 valence electrons. The second kappa shape index (κ2) is 6.09. The van der Waals surface area contributed by atoms with Crippen LogP contribution < -0.4 is 10.5 Å². The Hall–Kier alpha value is -1.82. The molecule has 1 aliphatic rings. The maximum atomic E-state index is 13.7. The molecule has 0 aromatic heterocycles. The lowest BCUT2D eigenvalue weighted by Gasteiger charge is -2.16. The molecule has 0 atom stereocenters. The first kappa shape index (κ1) is 14.6. The normalized spacial score (nSPS) is 14.4. The zero-order valence-electron chi connectivity index (χ0n) is 11.7. The molecule has 0 amide bonds. The van der Waals surface area contributed by atoms with E-state index >= 15 is 0 Å². The Balaban J connectivity index is 2.00. The van der Waals surface area contributed by atoms with Crippen LogP contribution in [0.3, 0.4) is 0 Å². The molecule has 0 aliphatic heterocycles. The molecule has 0 bridgehead atoms. The maximum absolute atomic E-state index is 13.7. The molecule has 1 aliphatic carbocycles. The van der Waals surface area contributed by atoms with Crippen molar-refractivity contribution in [3.05, 3.63) is 23.5 Å². The Bertz CT molecular complexity index is 503. The molecule has 1 aromatic carbocycles. The Morgan fingerprint density at radius 3 is 2.80 bits per heavy atom. The van der Waals surface area contributed by atoms with Gasteiger partial charge >= 0.3 is 5.97 Å². The van der Waals surface area contributed by atoms with Gasteiger partial charge < -0.3 is 20.1 Å². The predicted octanol–water partition coefficient (Wildman–Crippen LogP) is 1.67. The smallest absolute Gasteiger partial charge is 0.340 e. The zero-order chi connectivity index (χ0) is 14.7. The van der Waals surface area contributed by atoms with Crippen LogP contribution in [0.2, 0.25) is 0 Å². The summed E-state index contributed by atoms with van der Waals surface area (Å²) in [6, 6.07) is 2.99. The lowest BCUT2D eigenvalue weighted by atomic mass is 10.1. The van der Waals surface area contributed by atoms with E-state index in [-0.39, 0.29) is 17.0 Å². The SMILES string of the molecule is COC(=O)c1cc(OCCN(C)C2CC2)c(F)cc1N. The molecular weight excluding hydrogens is 263 g/mol. The van der Waals surface area contributed by atoms with Gasteiger partial charge in [0.25, 0.3) is 0 Å². The van der Waals surface area contributed by atoms with E-state index in [0.717, 1.165) is 6.07 Å². The number of esters is 1. The summed E-state index contributed by atoms with van der Waals surface area (Å²) in [6.07, 6.45) is 2.42. The highest BCUT2D eigenvalue weighted by Crippen LogP contribution is 2.26. The minimum Gasteiger partial charge on any atom is -0.489 e. The van der Waals surface area contributed by atoms with Crippen LogP contribution in [0.1, 0.15) is 23.2 Å². The molecule has 2 rings (SSSR count). The summed E-state index contributed by atoms with van der Waals surface area (Å²) in [5.74, 6) is -1.17. The summed E-state index contributed by atoms with van der Waals surface area (Å²) in [4.78, 5) is 13.7. The molecule has 20 heavy (non-hydrogen) atoms. The van der Waals surface area contributed by atoms with Crippen LogP contribution in [-0.4, -0.2) is 44.2 Å². The number of methoxy groups -OCH3 is 1. The quantitative estimate of drug-likeness (QED) is 0.635. The summed E-state index contributed by atoms with van der Waals surface area (Å²) < 4.78 is 23.7. The van der Waals surface area contributed by atoms with E-state index in [9.17, 15) is 9.18 Å². The number of rotatable bonds is 6. The van der Waals surface area contributed by atoms with Crippen molar-refractivity contribution in [3.63, 3.8) is 0 Å². The van der Waals surface area contributed by atoms with Gasteiger partial charge in [-0.3, -0.25) is 0 Å². The van der Waals surface area contributed by atoms with E-state index < -0.39 is 11.8 Å². The number of carbonyl (C=O) groups is 1. The molecule has 1 aromatic rings. The second-order valence-corrected chi connectivity index (χ2v) is 4.92. The van der Waals surface area contributed by atoms with Crippen LogP contribution >= 0.6 is 0 Å². The van der Waals surface area contributed by atoms with Crippen molar-refractivity contribution in [2.45, 2.75) is 18.9 Å². The Morgan fingerprint density at radius 2 is 2.20 bits per heavy atom. The van der Waals surface area contributed by atoms with Gasteiger partial charge in [-0.25, -0.2) is 9.18 Å². The average molecular weight is 282 g/mol. The molecule has 5 nitrogen and oxygen atoms in total. The number of halogens is 1. The predicted molar refractivity (Wildman–Crippen MR) is 73.3 cm³/mol. The summed E-state index contributed by atoms with van der Waals surface area (Å²) in [5.41, 5.74) is 5.74. The molecule has 6 heteroatoms. The van der Waals surface area contributed by atoms with Crippen molar-refractivity contribution < 1.29 is 18.7 Å². The van der Waals surface area contributed by atoms with Gasteiger partial charge in [0.05, 0.1) is 12.7 Å². The molecule has 0 spiro atoms. The lowest BCUT2D eigenvalue weighted by Crippen LogP contribution is -2.26. The second-order valence-electron chi connectivity index (χ2n) is 4.92. The largest absolute Gasteiger partial charge is 0.489 e. The molecular formula is C14H19FN2O3. The first-order valence-corrected chi connectivity index (χ1v) is 6.53. The van der Waals surface area contributed by atoms with Crippen molar-refractivity contribution in [3.8, 4) is 5.75 Å². The van der Waals surface area contributed by atoms with Crippen LogP contribution in [-0.2, 0) is 4.74 Å². The van der Waals surface area contributed by atoms with Crippen molar-refractivity contribution in [2.24, 2.45) is 0 Å². The minimum atomic E-state index is -0.609. The summed E-state index contributed by atoms with van der Waals surface area (Å²) in [6.45, 7) is 1.07. The highest BCUT2D eigenvalue weighted by molar-refractivity contribution is 5.95. The topological polar surface area (TPSA) is 64.8 Å². The molecule has 1 fully saturated rings. The van der Waals surface area contributed by atoms with Gasteiger partial charge in [-0.15, -0.1) is 0 Å². The minimum absolute atomic E-state index is 0.0174. The van der Waals surface area contributed by atoms with Crippen LogP contribution in [0.15, 0.2) is 12.1 Å². The number of nitrogens with zero attached hydrogens (tertiary/aromatic N) is 1. The standard InChI is InChI=1S/C14H19FN2O3/c1-17(9-3-4-9)5-6-20-13-7-10(14(18)19-2)12(16)8-11(13)15/h7-9H,3-6,16H2,1-2H3. The Labute approximate surface area is 117 Å². The van der Waals surface area contributed by atoms with Gasteiger partial charge in [0.1, 0.15) is 6.61 Å². The van der Waals surface area contributed by atoms with E-state index in [1.54, 1.807) is 0 Å². The van der Waals surface area contributed by atoms with E-state index in [1.165, 1.54) is 26.0 Å². The van der Waals surface area contributed by atoms with Gasteiger partial charge in [-0.05, 0) is 26.0 Å². The fourth-order valence-electron chi connectivity index (χ4n) is 1.96. The monoisotopic (exact) mass is 282 g/mol. The van der Waals surface area contributed by atoms with E-state index in [0.29, 0.717) is 19.2 Å². The molecule has 0 radical (unpaired) electrons. The highest BCUT2D eigenvalue weighted by Gasteiger charge is 2.25. The molecule has 0 unspecified atom stereocenters. The van der Waals surface area contributed by atoms with E-state index in [2.05, 4.69) is 9.64 Å². The van der Waals surface area contributed by atoms with Crippen LogP contribution in [0.4, 0.5) is 10.1 Å². The van der Waals surface area contributed by atoms with Gasteiger partial charge in [0.15, 0.2) is 11.6 Å². The third kappa shape index (κ3) is 3.39. The number of ether oxygens (including phenoxy) is 2. The maximum Gasteiger partial charge on any atom is 0.340 e. The van der Waals surface area contributed by atoms with Crippen molar-refractivity contribution in [1.29, 1.82) is 0 Å². The van der Waals surface area contributed by atoms with Gasteiger partial charge in [-0.2, -0.15) is 0 Å². The number of carbonyl (C=O) groups excluding carboxylic acids is 1. The number of nitrogens with two attached hydrogens (primary N) is 1. The highest BCUT2D eigenvalue weighted by atomic mass is 19.1.